The number of fused-ring (bicyclic) bond motifs is 1. The topological polar surface area (TPSA) is 3.24 Å². The number of hydrogen-bond donors (Lipinski definition) is 0. The summed E-state index contributed by atoms with van der Waals surface area (Å²) in [5, 5.41) is 2.43. The first-order valence-corrected chi connectivity index (χ1v) is 8.85. The molecule has 0 aliphatic carbocycles. The van der Waals surface area contributed by atoms with Crippen LogP contribution >= 0.6 is 0 Å². The van der Waals surface area contributed by atoms with Gasteiger partial charge in [0, 0.05) is 17.1 Å². The lowest BCUT2D eigenvalue weighted by Crippen LogP contribution is -2.19. The molecule has 0 heterocycles. The van der Waals surface area contributed by atoms with Crippen LogP contribution in [0.5, 0.6) is 0 Å². The highest BCUT2D eigenvalue weighted by molar-refractivity contribution is 5.87. The fraction of sp³-hybridized carbons (Fsp3) is 0.120. The highest BCUT2D eigenvalue weighted by Crippen LogP contribution is 2.29. The zero-order valence-corrected chi connectivity index (χ0v) is 15.9. The molecule has 2 aromatic rings. The molecule has 132 valence electrons. The van der Waals surface area contributed by atoms with Crippen LogP contribution in [0.3, 0.4) is 0 Å². The van der Waals surface area contributed by atoms with Crippen LogP contribution in [0.2, 0.25) is 0 Å². The number of benzene rings is 2. The third-order valence-electron chi connectivity index (χ3n) is 4.16. The zero-order chi connectivity index (χ0) is 18.9. The maximum atomic E-state index is 4.31. The van der Waals surface area contributed by atoms with E-state index in [0.29, 0.717) is 0 Å². The molecule has 0 saturated heterocycles. The van der Waals surface area contributed by atoms with E-state index in [1.54, 1.807) is 6.08 Å². The molecule has 1 heteroatoms. The largest absolute Gasteiger partial charge is 0.311 e. The zero-order valence-electron chi connectivity index (χ0n) is 15.9. The quantitative estimate of drug-likeness (QED) is 0.477. The minimum Gasteiger partial charge on any atom is -0.311 e. The van der Waals surface area contributed by atoms with E-state index in [0.717, 1.165) is 17.1 Å². The number of rotatable bonds is 7. The van der Waals surface area contributed by atoms with Crippen LogP contribution in [0.25, 0.3) is 10.8 Å². The highest BCUT2D eigenvalue weighted by atomic mass is 15.1. The van der Waals surface area contributed by atoms with Crippen molar-refractivity contribution in [3.63, 3.8) is 0 Å². The Morgan fingerprint density at radius 3 is 2.35 bits per heavy atom. The molecular weight excluding hydrogens is 314 g/mol. The average Bonchev–Trinajstić information content (AvgIpc) is 2.66. The Labute approximate surface area is 157 Å². The van der Waals surface area contributed by atoms with E-state index < -0.39 is 0 Å². The lowest BCUT2D eigenvalue weighted by atomic mass is 10.1. The van der Waals surface area contributed by atoms with Crippen molar-refractivity contribution < 1.29 is 0 Å². The normalized spacial score (nSPS) is 12.9. The van der Waals surface area contributed by atoms with E-state index in [-0.39, 0.29) is 0 Å². The molecule has 0 saturated carbocycles. The van der Waals surface area contributed by atoms with E-state index in [4.69, 9.17) is 0 Å². The first-order valence-electron chi connectivity index (χ1n) is 8.85. The molecule has 0 unspecified atom stereocenters. The van der Waals surface area contributed by atoms with E-state index >= 15 is 0 Å². The van der Waals surface area contributed by atoms with Gasteiger partial charge in [-0.3, -0.25) is 0 Å². The second-order valence-electron chi connectivity index (χ2n) is 6.05. The molecule has 1 nitrogen and oxygen atoms in total. The molecule has 2 aromatic carbocycles. The molecule has 0 bridgehead atoms. The van der Waals surface area contributed by atoms with E-state index in [9.17, 15) is 0 Å². The van der Waals surface area contributed by atoms with Gasteiger partial charge in [0.05, 0.1) is 0 Å². The van der Waals surface area contributed by atoms with Gasteiger partial charge in [-0.05, 0) is 61.9 Å². The Hall–Kier alpha value is -3.06. The Morgan fingerprint density at radius 2 is 1.69 bits per heavy atom. The van der Waals surface area contributed by atoms with Gasteiger partial charge in [-0.25, -0.2) is 0 Å². The minimum atomic E-state index is 0.896. The monoisotopic (exact) mass is 341 g/mol. The number of anilines is 1. The molecule has 0 radical (unpaired) electrons. The van der Waals surface area contributed by atoms with Crippen molar-refractivity contribution in [2.45, 2.75) is 20.8 Å². The molecule has 2 rings (SSSR count). The number of allylic oxidation sites excluding steroid dienone is 8. The van der Waals surface area contributed by atoms with Gasteiger partial charge >= 0.3 is 0 Å². The Morgan fingerprint density at radius 1 is 0.962 bits per heavy atom. The lowest BCUT2D eigenvalue weighted by Gasteiger charge is -2.27. The van der Waals surface area contributed by atoms with Gasteiger partial charge in [0.25, 0.3) is 0 Å². The van der Waals surface area contributed by atoms with Gasteiger partial charge in [-0.1, -0.05) is 73.4 Å². The van der Waals surface area contributed by atoms with Crippen molar-refractivity contribution in [2.75, 3.05) is 4.90 Å². The average molecular weight is 341 g/mol. The van der Waals surface area contributed by atoms with Crippen LogP contribution in [0.1, 0.15) is 20.8 Å². The molecule has 0 atom stereocenters. The Bertz CT molecular complexity index is 907. The molecule has 0 N–H and O–H groups in total. The van der Waals surface area contributed by atoms with Gasteiger partial charge in [-0.15, -0.1) is 0 Å². The fourth-order valence-electron chi connectivity index (χ4n) is 2.69. The van der Waals surface area contributed by atoms with Crippen molar-refractivity contribution in [2.24, 2.45) is 0 Å². The van der Waals surface area contributed by atoms with E-state index in [1.165, 1.54) is 16.3 Å². The summed E-state index contributed by atoms with van der Waals surface area (Å²) in [7, 11) is 0. The molecule has 0 aliphatic rings. The maximum absolute atomic E-state index is 4.31. The number of nitrogens with zero attached hydrogens (tertiary/aromatic N) is 1. The second-order valence-corrected chi connectivity index (χ2v) is 6.05. The Kier molecular flexibility index (Phi) is 6.99. The van der Waals surface area contributed by atoms with Crippen molar-refractivity contribution in [3.8, 4) is 0 Å². The van der Waals surface area contributed by atoms with Crippen LogP contribution < -0.4 is 4.90 Å². The molecule has 0 aliphatic heterocycles. The first kappa shape index (κ1) is 19.3. The van der Waals surface area contributed by atoms with Crippen LogP contribution in [0.4, 0.5) is 5.69 Å². The van der Waals surface area contributed by atoms with Gasteiger partial charge in [0.15, 0.2) is 0 Å². The van der Waals surface area contributed by atoms with Gasteiger partial charge < -0.3 is 4.90 Å². The summed E-state index contributed by atoms with van der Waals surface area (Å²) in [6, 6.07) is 14.8. The summed E-state index contributed by atoms with van der Waals surface area (Å²) in [5.74, 6) is 0. The third-order valence-corrected chi connectivity index (χ3v) is 4.16. The summed E-state index contributed by atoms with van der Waals surface area (Å²) in [6.07, 6.45) is 14.1. The van der Waals surface area contributed by atoms with Gasteiger partial charge in [0.1, 0.15) is 0 Å². The fourth-order valence-corrected chi connectivity index (χ4v) is 2.69. The van der Waals surface area contributed by atoms with Crippen molar-refractivity contribution in [1.82, 2.24) is 0 Å². The predicted molar refractivity (Wildman–Crippen MR) is 117 cm³/mol. The van der Waals surface area contributed by atoms with Crippen LogP contribution in [0, 0.1) is 0 Å². The first-order chi connectivity index (χ1) is 12.6. The van der Waals surface area contributed by atoms with Gasteiger partial charge in [-0.2, -0.15) is 0 Å². The van der Waals surface area contributed by atoms with Crippen molar-refractivity contribution in [1.29, 1.82) is 0 Å². The summed E-state index contributed by atoms with van der Waals surface area (Å²) in [5.41, 5.74) is 4.19. The maximum Gasteiger partial charge on any atom is 0.0467 e. The highest BCUT2D eigenvalue weighted by Gasteiger charge is 2.12. The smallest absolute Gasteiger partial charge is 0.0467 e. The lowest BCUT2D eigenvalue weighted by molar-refractivity contribution is 1.15. The molecule has 0 fully saturated rings. The molecule has 26 heavy (non-hydrogen) atoms. The standard InChI is InChI=1S/C25H27N/c1-6-11-24(12-7-2)26(21(5)16-15-20(4)8-3)25-18-17-22-13-9-10-14-23(22)19-25/h6-19H,1,5H2,2-4H3/b12-7-,16-15-,20-8-,24-11+. The van der Waals surface area contributed by atoms with Crippen LogP contribution in [-0.2, 0) is 0 Å². The molecule has 0 spiro atoms. The molecule has 0 amide bonds. The molecular formula is C25H27N. The molecule has 0 aromatic heterocycles. The minimum absolute atomic E-state index is 0.896. The van der Waals surface area contributed by atoms with Crippen LogP contribution in [-0.4, -0.2) is 0 Å². The van der Waals surface area contributed by atoms with Crippen molar-refractivity contribution in [3.05, 3.63) is 115 Å². The van der Waals surface area contributed by atoms with E-state index in [2.05, 4.69) is 85.7 Å². The second kappa shape index (κ2) is 9.43. The SMILES string of the molecule is C=C/C=C(\C=C/C)N(C(=C)/C=C\C(C)=C/C)c1ccc2ccccc2c1. The predicted octanol–water partition coefficient (Wildman–Crippen LogP) is 7.33. The summed E-state index contributed by atoms with van der Waals surface area (Å²) >= 11 is 0. The van der Waals surface area contributed by atoms with Crippen molar-refractivity contribution >= 4 is 16.5 Å². The summed E-state index contributed by atoms with van der Waals surface area (Å²) in [6.45, 7) is 14.3. The third kappa shape index (κ3) is 4.73. The Balaban J connectivity index is 2.57. The van der Waals surface area contributed by atoms with E-state index in [1.807, 2.05) is 32.1 Å². The summed E-state index contributed by atoms with van der Waals surface area (Å²) < 4.78 is 0. The summed E-state index contributed by atoms with van der Waals surface area (Å²) in [4.78, 5) is 2.15. The number of hydrogen-bond acceptors (Lipinski definition) is 1. The van der Waals surface area contributed by atoms with Crippen LogP contribution in [0.15, 0.2) is 115 Å². The van der Waals surface area contributed by atoms with Gasteiger partial charge in [0.2, 0.25) is 0 Å².